The SMILES string of the molecule is CCc1ccc(C(=O)CSc2nc(CC(=O)Nc3cc(C)ccc3OC)cs2)cc1. The van der Waals surface area contributed by atoms with Gasteiger partial charge in [-0.3, -0.25) is 9.59 Å². The maximum Gasteiger partial charge on any atom is 0.230 e. The molecule has 0 fully saturated rings. The number of ether oxygens (including phenoxy) is 1. The van der Waals surface area contributed by atoms with Crippen molar-refractivity contribution in [2.75, 3.05) is 18.2 Å². The standard InChI is InChI=1S/C23H24N2O3S2/c1-4-16-6-8-17(9-7-16)20(26)14-30-23-24-18(13-29-23)12-22(27)25-19-11-15(2)5-10-21(19)28-3/h5-11,13H,4,12,14H2,1-3H3,(H,25,27). The molecule has 1 N–H and O–H groups in total. The van der Waals surface area contributed by atoms with Crippen LogP contribution in [-0.2, 0) is 17.6 Å². The summed E-state index contributed by atoms with van der Waals surface area (Å²) in [6.07, 6.45) is 1.12. The molecule has 3 aromatic rings. The fraction of sp³-hybridized carbons (Fsp3) is 0.261. The van der Waals surface area contributed by atoms with Crippen molar-refractivity contribution in [2.24, 2.45) is 0 Å². The Morgan fingerprint density at radius 1 is 1.17 bits per heavy atom. The number of anilines is 1. The second kappa shape index (κ2) is 10.4. The van der Waals surface area contributed by atoms with E-state index in [9.17, 15) is 9.59 Å². The van der Waals surface area contributed by atoms with Gasteiger partial charge in [-0.25, -0.2) is 4.98 Å². The maximum atomic E-state index is 12.4. The van der Waals surface area contributed by atoms with Crippen LogP contribution in [0.4, 0.5) is 5.69 Å². The van der Waals surface area contributed by atoms with Crippen molar-refractivity contribution in [2.45, 2.75) is 31.0 Å². The third-order valence-corrected chi connectivity index (χ3v) is 6.58. The van der Waals surface area contributed by atoms with Crippen molar-refractivity contribution >= 4 is 40.5 Å². The lowest BCUT2D eigenvalue weighted by atomic mass is 10.1. The predicted molar refractivity (Wildman–Crippen MR) is 123 cm³/mol. The Morgan fingerprint density at radius 3 is 2.63 bits per heavy atom. The highest BCUT2D eigenvalue weighted by Crippen LogP contribution is 2.26. The number of ketones is 1. The van der Waals surface area contributed by atoms with Crippen LogP contribution in [-0.4, -0.2) is 29.5 Å². The van der Waals surface area contributed by atoms with Gasteiger partial charge in [0.25, 0.3) is 0 Å². The van der Waals surface area contributed by atoms with Crippen LogP contribution in [0, 0.1) is 6.92 Å². The fourth-order valence-corrected chi connectivity index (χ4v) is 4.59. The summed E-state index contributed by atoms with van der Waals surface area (Å²) in [6.45, 7) is 4.04. The molecule has 30 heavy (non-hydrogen) atoms. The predicted octanol–water partition coefficient (Wildman–Crippen LogP) is 5.18. The van der Waals surface area contributed by atoms with Crippen molar-refractivity contribution in [3.05, 3.63) is 70.2 Å². The molecule has 1 amide bonds. The van der Waals surface area contributed by atoms with Crippen molar-refractivity contribution in [1.82, 2.24) is 4.98 Å². The minimum absolute atomic E-state index is 0.0729. The van der Waals surface area contributed by atoms with Gasteiger partial charge >= 0.3 is 0 Å². The largest absolute Gasteiger partial charge is 0.495 e. The Labute approximate surface area is 184 Å². The number of nitrogens with zero attached hydrogens (tertiary/aromatic N) is 1. The molecule has 3 rings (SSSR count). The van der Waals surface area contributed by atoms with Gasteiger partial charge in [-0.15, -0.1) is 11.3 Å². The van der Waals surface area contributed by atoms with Gasteiger partial charge in [0.05, 0.1) is 30.7 Å². The number of methoxy groups -OCH3 is 1. The highest BCUT2D eigenvalue weighted by Gasteiger charge is 2.13. The molecule has 0 saturated carbocycles. The number of aromatic nitrogens is 1. The Balaban J connectivity index is 1.54. The van der Waals surface area contributed by atoms with Gasteiger partial charge in [0.2, 0.25) is 5.91 Å². The molecule has 1 aromatic heterocycles. The number of carbonyl (C=O) groups excluding carboxylic acids is 2. The monoisotopic (exact) mass is 440 g/mol. The molecular weight excluding hydrogens is 416 g/mol. The number of aryl methyl sites for hydroxylation is 2. The first-order valence-corrected chi connectivity index (χ1v) is 11.5. The molecule has 0 radical (unpaired) electrons. The summed E-state index contributed by atoms with van der Waals surface area (Å²) in [5.74, 6) is 0.857. The third kappa shape index (κ3) is 5.93. The van der Waals surface area contributed by atoms with E-state index >= 15 is 0 Å². The van der Waals surface area contributed by atoms with E-state index < -0.39 is 0 Å². The van der Waals surface area contributed by atoms with Crippen LogP contribution in [0.2, 0.25) is 0 Å². The van der Waals surface area contributed by atoms with Crippen molar-refractivity contribution in [3.63, 3.8) is 0 Å². The molecule has 1 heterocycles. The average Bonchev–Trinajstić information content (AvgIpc) is 3.19. The number of Topliss-reactive ketones (excluding diaryl/α,β-unsaturated/α-hetero) is 1. The summed E-state index contributed by atoms with van der Waals surface area (Å²) in [6, 6.07) is 13.4. The van der Waals surface area contributed by atoms with Gasteiger partial charge in [0.15, 0.2) is 10.1 Å². The molecule has 0 atom stereocenters. The molecule has 0 saturated heterocycles. The van der Waals surface area contributed by atoms with E-state index in [1.54, 1.807) is 7.11 Å². The smallest absolute Gasteiger partial charge is 0.230 e. The van der Waals surface area contributed by atoms with E-state index in [0.717, 1.165) is 16.3 Å². The first kappa shape index (κ1) is 22.1. The van der Waals surface area contributed by atoms with E-state index in [4.69, 9.17) is 4.74 Å². The zero-order chi connectivity index (χ0) is 21.5. The molecule has 5 nitrogen and oxygen atoms in total. The highest BCUT2D eigenvalue weighted by molar-refractivity contribution is 8.01. The molecule has 0 unspecified atom stereocenters. The molecule has 7 heteroatoms. The lowest BCUT2D eigenvalue weighted by Crippen LogP contribution is -2.15. The summed E-state index contributed by atoms with van der Waals surface area (Å²) in [4.78, 5) is 29.3. The Kier molecular flexibility index (Phi) is 7.65. The van der Waals surface area contributed by atoms with Gasteiger partial charge in [-0.2, -0.15) is 0 Å². The number of benzene rings is 2. The van der Waals surface area contributed by atoms with Gasteiger partial charge in [0, 0.05) is 10.9 Å². The molecule has 0 aliphatic carbocycles. The van der Waals surface area contributed by atoms with Gasteiger partial charge in [0.1, 0.15) is 5.75 Å². The second-order valence-electron chi connectivity index (χ2n) is 6.80. The number of rotatable bonds is 9. The van der Waals surface area contributed by atoms with Crippen LogP contribution in [0.25, 0.3) is 0 Å². The van der Waals surface area contributed by atoms with Crippen LogP contribution >= 0.6 is 23.1 Å². The number of thioether (sulfide) groups is 1. The quantitative estimate of drug-likeness (QED) is 0.367. The number of nitrogens with one attached hydrogen (secondary N) is 1. The van der Waals surface area contributed by atoms with Gasteiger partial charge in [-0.1, -0.05) is 49.0 Å². The lowest BCUT2D eigenvalue weighted by Gasteiger charge is -2.10. The van der Waals surface area contributed by atoms with Crippen LogP contribution in [0.5, 0.6) is 5.75 Å². The van der Waals surface area contributed by atoms with E-state index in [0.29, 0.717) is 28.4 Å². The first-order chi connectivity index (χ1) is 14.5. The van der Waals surface area contributed by atoms with Crippen molar-refractivity contribution in [3.8, 4) is 5.75 Å². The number of carbonyl (C=O) groups is 2. The topological polar surface area (TPSA) is 68.3 Å². The summed E-state index contributed by atoms with van der Waals surface area (Å²) < 4.78 is 6.08. The molecule has 0 spiro atoms. The average molecular weight is 441 g/mol. The molecule has 0 aliphatic rings. The summed E-state index contributed by atoms with van der Waals surface area (Å²) in [5.41, 5.74) is 4.29. The van der Waals surface area contributed by atoms with E-state index in [-0.39, 0.29) is 18.1 Å². The van der Waals surface area contributed by atoms with Crippen LogP contribution in [0.3, 0.4) is 0 Å². The van der Waals surface area contributed by atoms with Crippen LogP contribution in [0.1, 0.15) is 34.1 Å². The second-order valence-corrected chi connectivity index (χ2v) is 8.88. The third-order valence-electron chi connectivity index (χ3n) is 4.51. The van der Waals surface area contributed by atoms with E-state index in [2.05, 4.69) is 17.2 Å². The zero-order valence-electron chi connectivity index (χ0n) is 17.2. The van der Waals surface area contributed by atoms with Crippen LogP contribution < -0.4 is 10.1 Å². The Morgan fingerprint density at radius 2 is 1.93 bits per heavy atom. The summed E-state index contributed by atoms with van der Waals surface area (Å²) in [7, 11) is 1.57. The molecule has 2 aromatic carbocycles. The van der Waals surface area contributed by atoms with Crippen LogP contribution in [0.15, 0.2) is 52.2 Å². The number of hydrogen-bond donors (Lipinski definition) is 1. The first-order valence-electron chi connectivity index (χ1n) is 9.62. The highest BCUT2D eigenvalue weighted by atomic mass is 32.2. The Hall–Kier alpha value is -2.64. The normalized spacial score (nSPS) is 10.6. The number of hydrogen-bond acceptors (Lipinski definition) is 6. The van der Waals surface area contributed by atoms with Crippen molar-refractivity contribution < 1.29 is 14.3 Å². The summed E-state index contributed by atoms with van der Waals surface area (Å²) >= 11 is 2.85. The number of thiazole rings is 1. The molecular formula is C23H24N2O3S2. The molecule has 0 aliphatic heterocycles. The summed E-state index contributed by atoms with van der Waals surface area (Å²) in [5, 5.41) is 4.74. The fourth-order valence-electron chi connectivity index (χ4n) is 2.85. The minimum Gasteiger partial charge on any atom is -0.495 e. The maximum absolute atomic E-state index is 12.4. The lowest BCUT2D eigenvalue weighted by molar-refractivity contribution is -0.115. The molecule has 156 valence electrons. The van der Waals surface area contributed by atoms with Crippen molar-refractivity contribution in [1.29, 1.82) is 0 Å². The van der Waals surface area contributed by atoms with Gasteiger partial charge in [-0.05, 0) is 36.6 Å². The zero-order valence-corrected chi connectivity index (χ0v) is 18.9. The van der Waals surface area contributed by atoms with Gasteiger partial charge < -0.3 is 10.1 Å². The Bertz CT molecular complexity index is 1030. The number of amides is 1. The minimum atomic E-state index is -0.159. The van der Waals surface area contributed by atoms with E-state index in [1.807, 2.05) is 54.8 Å². The van der Waals surface area contributed by atoms with E-state index in [1.165, 1.54) is 28.7 Å². The molecule has 0 bridgehead atoms.